The third-order valence-electron chi connectivity index (χ3n) is 1.72. The molecule has 1 heterocycles. The maximum atomic E-state index is 11.5. The zero-order valence-electron chi connectivity index (χ0n) is 10.3. The molecule has 1 amide bonds. The number of nitrogens with zero attached hydrogens (tertiary/aromatic N) is 2. The summed E-state index contributed by atoms with van der Waals surface area (Å²) in [6.45, 7) is 14.3. The van der Waals surface area contributed by atoms with Crippen LogP contribution in [0.4, 0.5) is 9.93 Å². The highest BCUT2D eigenvalue weighted by Gasteiger charge is 2.18. The van der Waals surface area contributed by atoms with Gasteiger partial charge in [-0.1, -0.05) is 11.3 Å². The third-order valence-corrected chi connectivity index (χ3v) is 2.78. The summed E-state index contributed by atoms with van der Waals surface area (Å²) in [5, 5.41) is 3.03. The summed E-state index contributed by atoms with van der Waals surface area (Å²) in [7, 11) is 0. The topological polar surface area (TPSA) is 55.6 Å². The first kappa shape index (κ1) is 13.5. The summed E-state index contributed by atoms with van der Waals surface area (Å²) in [6.07, 6.45) is -0.527. The molecule has 0 saturated carbocycles. The van der Waals surface area contributed by atoms with Gasteiger partial charge in [0, 0.05) is 0 Å². The predicted octanol–water partition coefficient (Wildman–Crippen LogP) is 3.22. The van der Waals surface area contributed by atoms with Gasteiger partial charge in [-0.3, -0.25) is 5.32 Å². The van der Waals surface area contributed by atoms with Crippen molar-refractivity contribution in [3.05, 3.63) is 22.0 Å². The molecule has 6 heteroatoms. The van der Waals surface area contributed by atoms with E-state index in [1.165, 1.54) is 11.3 Å². The second-order valence-electron chi connectivity index (χ2n) is 4.47. The molecule has 1 rings (SSSR count). The van der Waals surface area contributed by atoms with Crippen LogP contribution in [0.2, 0.25) is 0 Å². The fourth-order valence-corrected chi connectivity index (χ4v) is 1.96. The molecule has 0 unspecified atom stereocenters. The Morgan fingerprint density at radius 3 is 2.76 bits per heavy atom. The largest absolute Gasteiger partial charge is 0.444 e. The lowest BCUT2D eigenvalue weighted by Gasteiger charge is -2.18. The van der Waals surface area contributed by atoms with E-state index in [9.17, 15) is 4.79 Å². The molecule has 0 radical (unpaired) electrons. The summed E-state index contributed by atoms with van der Waals surface area (Å²) < 4.78 is 5.11. The molecule has 0 spiro atoms. The van der Waals surface area contributed by atoms with Crippen molar-refractivity contribution in [1.29, 1.82) is 0 Å². The Labute approximate surface area is 105 Å². The summed E-state index contributed by atoms with van der Waals surface area (Å²) in [4.78, 5) is 19.8. The van der Waals surface area contributed by atoms with Gasteiger partial charge in [0.2, 0.25) is 0 Å². The molecule has 1 aromatic rings. The zero-order valence-corrected chi connectivity index (χ0v) is 11.1. The SMILES string of the molecule is [C-]#[N+]Cc1sc(NC(=O)OC(C)(C)C)nc1C. The van der Waals surface area contributed by atoms with Gasteiger partial charge in [-0.15, -0.1) is 0 Å². The molecule has 0 aliphatic heterocycles. The number of carbonyl (C=O) groups excluding carboxylic acids is 1. The van der Waals surface area contributed by atoms with Crippen LogP contribution < -0.4 is 5.32 Å². The van der Waals surface area contributed by atoms with Gasteiger partial charge in [-0.05, 0) is 27.7 Å². The third kappa shape index (κ3) is 4.41. The number of hydrogen-bond acceptors (Lipinski definition) is 4. The van der Waals surface area contributed by atoms with Crippen molar-refractivity contribution in [3.63, 3.8) is 0 Å². The quantitative estimate of drug-likeness (QED) is 0.823. The number of amides is 1. The van der Waals surface area contributed by atoms with Crippen LogP contribution in [0, 0.1) is 13.5 Å². The minimum absolute atomic E-state index is 0.291. The number of aromatic nitrogens is 1. The first-order chi connectivity index (χ1) is 7.81. The van der Waals surface area contributed by atoms with E-state index in [2.05, 4.69) is 15.1 Å². The van der Waals surface area contributed by atoms with Gasteiger partial charge in [0.05, 0.1) is 5.69 Å². The van der Waals surface area contributed by atoms with Gasteiger partial charge in [0.25, 0.3) is 6.54 Å². The maximum absolute atomic E-state index is 11.5. The van der Waals surface area contributed by atoms with Crippen LogP contribution in [-0.4, -0.2) is 16.7 Å². The van der Waals surface area contributed by atoms with Crippen LogP contribution >= 0.6 is 11.3 Å². The van der Waals surface area contributed by atoms with Crippen molar-refractivity contribution in [2.24, 2.45) is 0 Å². The van der Waals surface area contributed by atoms with Gasteiger partial charge >= 0.3 is 6.09 Å². The van der Waals surface area contributed by atoms with E-state index in [0.717, 1.165) is 10.6 Å². The molecule has 17 heavy (non-hydrogen) atoms. The van der Waals surface area contributed by atoms with Crippen molar-refractivity contribution >= 4 is 22.6 Å². The van der Waals surface area contributed by atoms with Crippen LogP contribution in [0.25, 0.3) is 4.85 Å². The molecule has 0 aliphatic carbocycles. The Morgan fingerprint density at radius 1 is 1.59 bits per heavy atom. The number of ether oxygens (including phenoxy) is 1. The molecule has 92 valence electrons. The maximum Gasteiger partial charge on any atom is 0.413 e. The second-order valence-corrected chi connectivity index (χ2v) is 5.55. The lowest BCUT2D eigenvalue weighted by molar-refractivity contribution is 0.0636. The van der Waals surface area contributed by atoms with E-state index < -0.39 is 11.7 Å². The Hall–Kier alpha value is -1.61. The number of carbonyl (C=O) groups is 1. The van der Waals surface area contributed by atoms with Crippen molar-refractivity contribution in [2.75, 3.05) is 5.32 Å². The summed E-state index contributed by atoms with van der Waals surface area (Å²) >= 11 is 1.30. The lowest BCUT2D eigenvalue weighted by atomic mass is 10.2. The molecule has 0 aliphatic rings. The average molecular weight is 253 g/mol. The molecule has 1 N–H and O–H groups in total. The smallest absolute Gasteiger partial charge is 0.413 e. The van der Waals surface area contributed by atoms with E-state index in [0.29, 0.717) is 11.7 Å². The molecule has 0 aromatic carbocycles. The Bertz CT molecular complexity index is 454. The Morgan fingerprint density at radius 2 is 2.24 bits per heavy atom. The second kappa shape index (κ2) is 5.15. The van der Waals surface area contributed by atoms with Crippen LogP contribution in [0.1, 0.15) is 31.3 Å². The van der Waals surface area contributed by atoms with Crippen LogP contribution in [-0.2, 0) is 11.3 Å². The normalized spacial score (nSPS) is 10.8. The van der Waals surface area contributed by atoms with Gasteiger partial charge < -0.3 is 9.58 Å². The van der Waals surface area contributed by atoms with Gasteiger partial charge in [-0.25, -0.2) is 16.4 Å². The fourth-order valence-electron chi connectivity index (χ4n) is 1.09. The molecule has 0 atom stereocenters. The number of anilines is 1. The Kier molecular flexibility index (Phi) is 4.07. The number of nitrogens with one attached hydrogen (secondary N) is 1. The molecule has 0 saturated heterocycles. The highest BCUT2D eigenvalue weighted by molar-refractivity contribution is 7.15. The minimum Gasteiger partial charge on any atom is -0.444 e. The fraction of sp³-hybridized carbons (Fsp3) is 0.545. The first-order valence-electron chi connectivity index (χ1n) is 5.11. The van der Waals surface area contributed by atoms with E-state index in [1.807, 2.05) is 6.92 Å². The van der Waals surface area contributed by atoms with Crippen molar-refractivity contribution < 1.29 is 9.53 Å². The molecule has 0 bridgehead atoms. The van der Waals surface area contributed by atoms with E-state index >= 15 is 0 Å². The van der Waals surface area contributed by atoms with Gasteiger partial charge in [0.1, 0.15) is 10.5 Å². The number of hydrogen-bond donors (Lipinski definition) is 1. The first-order valence-corrected chi connectivity index (χ1v) is 5.93. The highest BCUT2D eigenvalue weighted by Crippen LogP contribution is 2.23. The molecule has 1 aromatic heterocycles. The summed E-state index contributed by atoms with van der Waals surface area (Å²) in [5.41, 5.74) is 0.243. The Balaban J connectivity index is 2.67. The van der Waals surface area contributed by atoms with Crippen molar-refractivity contribution in [2.45, 2.75) is 39.8 Å². The number of rotatable bonds is 2. The van der Waals surface area contributed by atoms with Crippen LogP contribution in [0.15, 0.2) is 0 Å². The van der Waals surface area contributed by atoms with E-state index in [1.54, 1.807) is 20.8 Å². The van der Waals surface area contributed by atoms with E-state index in [4.69, 9.17) is 11.3 Å². The molecule has 5 nitrogen and oxygen atoms in total. The summed E-state index contributed by atoms with van der Waals surface area (Å²) in [6, 6.07) is 0. The van der Waals surface area contributed by atoms with Gasteiger partial charge in [0.15, 0.2) is 5.13 Å². The molecular weight excluding hydrogens is 238 g/mol. The summed E-state index contributed by atoms with van der Waals surface area (Å²) in [5.74, 6) is 0. The monoisotopic (exact) mass is 253 g/mol. The van der Waals surface area contributed by atoms with Crippen LogP contribution in [0.3, 0.4) is 0 Å². The lowest BCUT2D eigenvalue weighted by Crippen LogP contribution is -2.27. The average Bonchev–Trinajstić information content (AvgIpc) is 2.43. The van der Waals surface area contributed by atoms with E-state index in [-0.39, 0.29) is 0 Å². The number of aryl methyl sites for hydroxylation is 1. The number of thiazole rings is 1. The predicted molar refractivity (Wildman–Crippen MR) is 67.0 cm³/mol. The van der Waals surface area contributed by atoms with Gasteiger partial charge in [-0.2, -0.15) is 0 Å². The minimum atomic E-state index is -0.532. The molecule has 0 fully saturated rings. The standard InChI is InChI=1S/C11H15N3O2S/c1-7-8(6-12-5)17-9(13-7)14-10(15)16-11(2,3)4/h6H2,1-4H3,(H,13,14,15). The zero-order chi connectivity index (χ0) is 13.1. The van der Waals surface area contributed by atoms with Crippen molar-refractivity contribution in [3.8, 4) is 0 Å². The molecular formula is C11H15N3O2S. The highest BCUT2D eigenvalue weighted by atomic mass is 32.1. The van der Waals surface area contributed by atoms with Crippen LogP contribution in [0.5, 0.6) is 0 Å². The van der Waals surface area contributed by atoms with Crippen molar-refractivity contribution in [1.82, 2.24) is 4.98 Å².